The zero-order valence-corrected chi connectivity index (χ0v) is 24.2. The Hall–Kier alpha value is -2.55. The number of halogens is 2. The third-order valence-electron chi connectivity index (χ3n) is 5.61. The molecule has 0 aliphatic carbocycles. The summed E-state index contributed by atoms with van der Waals surface area (Å²) in [6, 6.07) is 13.7. The van der Waals surface area contributed by atoms with Crippen LogP contribution in [0.25, 0.3) is 22.2 Å². The molecule has 1 heterocycles. The van der Waals surface area contributed by atoms with Crippen molar-refractivity contribution in [3.05, 3.63) is 48.5 Å². The second-order valence-corrected chi connectivity index (χ2v) is 10.9. The molecular formula is C26H32Cl2N3O6P. The van der Waals surface area contributed by atoms with Crippen molar-refractivity contribution in [2.75, 3.05) is 45.7 Å². The lowest BCUT2D eigenvalue weighted by Gasteiger charge is -2.32. The number of hydrogen-bond acceptors (Lipinski definition) is 7. The fourth-order valence-corrected chi connectivity index (χ4v) is 6.52. The van der Waals surface area contributed by atoms with Crippen LogP contribution in [0, 0.1) is 0 Å². The summed E-state index contributed by atoms with van der Waals surface area (Å²) < 4.78 is 38.6. The average molecular weight is 584 g/mol. The molecule has 2 atom stereocenters. The summed E-state index contributed by atoms with van der Waals surface area (Å²) in [5, 5.41) is 3.34. The van der Waals surface area contributed by atoms with E-state index in [1.807, 2.05) is 30.3 Å². The molecule has 0 aliphatic heterocycles. The molecule has 0 saturated carbocycles. The maximum Gasteiger partial charge on any atom is 0.393 e. The van der Waals surface area contributed by atoms with Crippen LogP contribution in [0.4, 0.5) is 0 Å². The Morgan fingerprint density at radius 1 is 1.05 bits per heavy atom. The first-order chi connectivity index (χ1) is 18.3. The fraction of sp³-hybridized carbons (Fsp3) is 0.385. The minimum absolute atomic E-state index is 0.159. The molecule has 3 rings (SSSR count). The summed E-state index contributed by atoms with van der Waals surface area (Å²) >= 11 is 12.1. The van der Waals surface area contributed by atoms with Gasteiger partial charge in [0.25, 0.3) is 0 Å². The van der Waals surface area contributed by atoms with E-state index in [0.717, 1.165) is 5.56 Å². The van der Waals surface area contributed by atoms with E-state index in [2.05, 4.69) is 5.09 Å². The van der Waals surface area contributed by atoms with Crippen molar-refractivity contribution >= 4 is 47.7 Å². The number of aromatic nitrogens is 1. The van der Waals surface area contributed by atoms with Gasteiger partial charge in [-0.25, -0.2) is 19.3 Å². The van der Waals surface area contributed by atoms with E-state index in [0.29, 0.717) is 28.1 Å². The predicted octanol–water partition coefficient (Wildman–Crippen LogP) is 5.73. The number of pyridine rings is 1. The topological polar surface area (TPSA) is 99.2 Å². The molecular weight excluding hydrogens is 552 g/mol. The molecule has 206 valence electrons. The number of esters is 1. The van der Waals surface area contributed by atoms with E-state index in [-0.39, 0.29) is 37.2 Å². The number of benzene rings is 2. The number of rotatable bonds is 14. The van der Waals surface area contributed by atoms with Gasteiger partial charge in [-0.1, -0.05) is 30.3 Å². The van der Waals surface area contributed by atoms with E-state index < -0.39 is 19.7 Å². The third kappa shape index (κ3) is 7.10. The summed E-state index contributed by atoms with van der Waals surface area (Å²) in [5.41, 5.74) is 1.90. The van der Waals surface area contributed by atoms with E-state index in [4.69, 9.17) is 46.9 Å². The molecule has 0 fully saturated rings. The number of nitrogens with one attached hydrogen (secondary N) is 1. The number of carbonyl (C=O) groups is 1. The Bertz CT molecular complexity index is 1270. The van der Waals surface area contributed by atoms with Crippen molar-refractivity contribution in [3.8, 4) is 28.5 Å². The predicted molar refractivity (Wildman–Crippen MR) is 151 cm³/mol. The third-order valence-corrected chi connectivity index (χ3v) is 8.25. The van der Waals surface area contributed by atoms with Crippen LogP contribution in [-0.4, -0.2) is 67.3 Å². The van der Waals surface area contributed by atoms with Crippen molar-refractivity contribution in [2.45, 2.75) is 19.9 Å². The van der Waals surface area contributed by atoms with E-state index in [9.17, 15) is 9.36 Å². The van der Waals surface area contributed by atoms with Crippen LogP contribution < -0.4 is 19.1 Å². The minimum atomic E-state index is -3.98. The van der Waals surface area contributed by atoms with Crippen molar-refractivity contribution < 1.29 is 28.1 Å². The lowest BCUT2D eigenvalue weighted by Crippen LogP contribution is -2.41. The molecule has 0 aliphatic rings. The Morgan fingerprint density at radius 2 is 1.74 bits per heavy atom. The summed E-state index contributed by atoms with van der Waals surface area (Å²) in [5.74, 6) is 0.919. The lowest BCUT2D eigenvalue weighted by atomic mass is 10.1. The molecule has 1 N–H and O–H groups in total. The summed E-state index contributed by atoms with van der Waals surface area (Å²) in [7, 11) is -0.927. The Kier molecular flexibility index (Phi) is 11.1. The largest absolute Gasteiger partial charge is 0.497 e. The van der Waals surface area contributed by atoms with Gasteiger partial charge >= 0.3 is 13.6 Å². The number of carbonyl (C=O) groups excluding carboxylic acids is 1. The first kappa shape index (κ1) is 30.0. The Morgan fingerprint density at radius 3 is 2.32 bits per heavy atom. The molecule has 0 radical (unpaired) electrons. The molecule has 0 amide bonds. The number of nitrogens with zero attached hydrogens (tertiary/aromatic N) is 2. The molecule has 38 heavy (non-hydrogen) atoms. The molecule has 0 saturated heterocycles. The second kappa shape index (κ2) is 14.0. The maximum absolute atomic E-state index is 14.6. The summed E-state index contributed by atoms with van der Waals surface area (Å²) in [6.07, 6.45) is 0. The van der Waals surface area contributed by atoms with Gasteiger partial charge in [-0.3, -0.25) is 4.79 Å². The van der Waals surface area contributed by atoms with Gasteiger partial charge in [0.15, 0.2) is 0 Å². The monoisotopic (exact) mass is 583 g/mol. The van der Waals surface area contributed by atoms with E-state index >= 15 is 0 Å². The van der Waals surface area contributed by atoms with Gasteiger partial charge in [-0.2, -0.15) is 0 Å². The highest BCUT2D eigenvalue weighted by molar-refractivity contribution is 7.54. The number of fused-ring (bicyclic) bond motifs is 1. The second-order valence-electron chi connectivity index (χ2n) is 8.14. The van der Waals surface area contributed by atoms with Crippen LogP contribution >= 0.6 is 30.9 Å². The smallest absolute Gasteiger partial charge is 0.393 e. The molecule has 1 unspecified atom stereocenters. The highest BCUT2D eigenvalue weighted by Gasteiger charge is 2.37. The standard InChI is InChI=1S/C26H32Cl2N3O6P/c1-5-36-26(32)18(2)30-38(33,31(13-11-27)14-12-28)37-24-17-21(19-9-7-6-8-10-19)29-22-15-20(34-3)16-23(35-4)25(22)24/h6-10,15-18H,5,11-14H2,1-4H3,(H,30,33)/t18-,38?/m0/s1. The van der Waals surface area contributed by atoms with Crippen LogP contribution in [0.1, 0.15) is 13.8 Å². The molecule has 9 nitrogen and oxygen atoms in total. The van der Waals surface area contributed by atoms with Crippen LogP contribution in [0.2, 0.25) is 0 Å². The van der Waals surface area contributed by atoms with Gasteiger partial charge in [0, 0.05) is 48.6 Å². The van der Waals surface area contributed by atoms with Gasteiger partial charge < -0.3 is 18.7 Å². The van der Waals surface area contributed by atoms with Gasteiger partial charge in [0.2, 0.25) is 0 Å². The fourth-order valence-electron chi connectivity index (χ4n) is 3.81. The van der Waals surface area contributed by atoms with E-state index in [1.54, 1.807) is 39.2 Å². The number of methoxy groups -OCH3 is 2. The number of hydrogen-bond donors (Lipinski definition) is 1. The number of ether oxygens (including phenoxy) is 3. The van der Waals surface area contributed by atoms with Crippen LogP contribution in [-0.2, 0) is 14.1 Å². The quantitative estimate of drug-likeness (QED) is 0.145. The highest BCUT2D eigenvalue weighted by atomic mass is 35.5. The van der Waals surface area contributed by atoms with Crippen molar-refractivity contribution in [3.63, 3.8) is 0 Å². The molecule has 3 aromatic rings. The van der Waals surface area contributed by atoms with E-state index in [1.165, 1.54) is 11.8 Å². The zero-order valence-electron chi connectivity index (χ0n) is 21.8. The Labute approximate surface area is 232 Å². The SMILES string of the molecule is CCOC(=O)[C@H](C)NP(=O)(Oc1cc(-c2ccccc2)nc2cc(OC)cc(OC)c12)N(CCCl)CCCl. The lowest BCUT2D eigenvalue weighted by molar-refractivity contribution is -0.144. The maximum atomic E-state index is 14.6. The highest BCUT2D eigenvalue weighted by Crippen LogP contribution is 2.51. The van der Waals surface area contributed by atoms with Crippen molar-refractivity contribution in [1.82, 2.24) is 14.7 Å². The van der Waals surface area contributed by atoms with Crippen LogP contribution in [0.5, 0.6) is 17.2 Å². The summed E-state index contributed by atoms with van der Waals surface area (Å²) in [4.78, 5) is 17.3. The summed E-state index contributed by atoms with van der Waals surface area (Å²) in [6.45, 7) is 3.81. The van der Waals surface area contributed by atoms with Crippen molar-refractivity contribution in [1.29, 1.82) is 0 Å². The molecule has 0 spiro atoms. The van der Waals surface area contributed by atoms with Gasteiger partial charge in [-0.05, 0) is 13.8 Å². The normalized spacial score (nSPS) is 13.7. The zero-order chi connectivity index (χ0) is 27.7. The van der Waals surface area contributed by atoms with Crippen LogP contribution in [0.3, 0.4) is 0 Å². The first-order valence-corrected chi connectivity index (χ1v) is 14.7. The van der Waals surface area contributed by atoms with Gasteiger partial charge in [0.1, 0.15) is 23.3 Å². The first-order valence-electron chi connectivity index (χ1n) is 12.0. The molecule has 2 aromatic carbocycles. The minimum Gasteiger partial charge on any atom is -0.497 e. The van der Waals surface area contributed by atoms with Gasteiger partial charge in [0.05, 0.1) is 37.4 Å². The van der Waals surface area contributed by atoms with Crippen LogP contribution in [0.15, 0.2) is 48.5 Å². The molecule has 12 heteroatoms. The Balaban J connectivity index is 2.24. The molecule has 1 aromatic heterocycles. The molecule has 0 bridgehead atoms. The number of alkyl halides is 2. The van der Waals surface area contributed by atoms with Gasteiger partial charge in [-0.15, -0.1) is 23.2 Å². The van der Waals surface area contributed by atoms with Crippen molar-refractivity contribution in [2.24, 2.45) is 0 Å². The average Bonchev–Trinajstić information content (AvgIpc) is 2.92.